The lowest BCUT2D eigenvalue weighted by Gasteiger charge is -2.28. The predicted molar refractivity (Wildman–Crippen MR) is 89.7 cm³/mol. The molecule has 3 heteroatoms. The normalized spacial score (nSPS) is 15.2. The quantitative estimate of drug-likeness (QED) is 0.853. The van der Waals surface area contributed by atoms with E-state index in [1.807, 2.05) is 11.8 Å². The van der Waals surface area contributed by atoms with Crippen molar-refractivity contribution in [2.75, 3.05) is 27.2 Å². The van der Waals surface area contributed by atoms with E-state index in [2.05, 4.69) is 72.4 Å². The van der Waals surface area contributed by atoms with Crippen LogP contribution in [0.25, 0.3) is 0 Å². The Morgan fingerprint density at radius 2 is 1.43 bits per heavy atom. The molecule has 1 aliphatic heterocycles. The molecule has 2 aromatic carbocycles. The SMILES string of the molecule is CN(C)CCN1Cc2ccccc2Sc2ccccc2C1. The second-order valence-corrected chi connectivity index (χ2v) is 6.92. The van der Waals surface area contributed by atoms with Crippen molar-refractivity contribution in [1.29, 1.82) is 0 Å². The zero-order valence-electron chi connectivity index (χ0n) is 12.7. The van der Waals surface area contributed by atoms with Crippen LogP contribution >= 0.6 is 11.8 Å². The van der Waals surface area contributed by atoms with Crippen molar-refractivity contribution < 1.29 is 0 Å². The zero-order valence-corrected chi connectivity index (χ0v) is 13.6. The molecule has 2 nitrogen and oxygen atoms in total. The molecule has 0 saturated heterocycles. The maximum absolute atomic E-state index is 2.55. The molecule has 0 spiro atoms. The Kier molecular flexibility index (Phi) is 4.63. The first kappa shape index (κ1) is 14.6. The highest BCUT2D eigenvalue weighted by molar-refractivity contribution is 7.99. The number of benzene rings is 2. The minimum atomic E-state index is 1.03. The third kappa shape index (κ3) is 3.67. The zero-order chi connectivity index (χ0) is 14.7. The van der Waals surface area contributed by atoms with E-state index in [4.69, 9.17) is 0 Å². The van der Waals surface area contributed by atoms with Gasteiger partial charge in [-0.05, 0) is 37.4 Å². The second kappa shape index (κ2) is 6.65. The van der Waals surface area contributed by atoms with Crippen LogP contribution in [-0.2, 0) is 13.1 Å². The van der Waals surface area contributed by atoms with Gasteiger partial charge in [0.1, 0.15) is 0 Å². The van der Waals surface area contributed by atoms with E-state index in [9.17, 15) is 0 Å². The van der Waals surface area contributed by atoms with Gasteiger partial charge in [-0.25, -0.2) is 0 Å². The van der Waals surface area contributed by atoms with Crippen LogP contribution in [0.3, 0.4) is 0 Å². The largest absolute Gasteiger partial charge is 0.308 e. The van der Waals surface area contributed by atoms with Crippen molar-refractivity contribution in [2.45, 2.75) is 22.9 Å². The molecule has 110 valence electrons. The van der Waals surface area contributed by atoms with Gasteiger partial charge in [0, 0.05) is 36.0 Å². The summed E-state index contributed by atoms with van der Waals surface area (Å²) in [6.07, 6.45) is 0. The molecule has 0 aromatic heterocycles. The fourth-order valence-corrected chi connectivity index (χ4v) is 3.68. The summed E-state index contributed by atoms with van der Waals surface area (Å²) >= 11 is 1.91. The minimum absolute atomic E-state index is 1.03. The highest BCUT2D eigenvalue weighted by Gasteiger charge is 2.16. The van der Waals surface area contributed by atoms with Crippen LogP contribution in [-0.4, -0.2) is 37.0 Å². The first-order chi connectivity index (χ1) is 10.2. The molecule has 1 aliphatic rings. The monoisotopic (exact) mass is 298 g/mol. The molecule has 1 heterocycles. The average molecular weight is 298 g/mol. The van der Waals surface area contributed by atoms with E-state index in [0.29, 0.717) is 0 Å². The molecule has 0 radical (unpaired) electrons. The van der Waals surface area contributed by atoms with Crippen molar-refractivity contribution >= 4 is 11.8 Å². The van der Waals surface area contributed by atoms with E-state index < -0.39 is 0 Å². The Bertz CT molecular complexity index is 562. The third-order valence-electron chi connectivity index (χ3n) is 3.82. The average Bonchev–Trinajstić information content (AvgIpc) is 2.46. The van der Waals surface area contributed by atoms with Crippen molar-refractivity contribution in [2.24, 2.45) is 0 Å². The summed E-state index contributed by atoms with van der Waals surface area (Å²) in [4.78, 5) is 7.59. The first-order valence-electron chi connectivity index (χ1n) is 7.43. The number of hydrogen-bond acceptors (Lipinski definition) is 3. The number of rotatable bonds is 3. The van der Waals surface area contributed by atoms with Crippen molar-refractivity contribution in [3.8, 4) is 0 Å². The van der Waals surface area contributed by atoms with Crippen LogP contribution in [0.15, 0.2) is 58.3 Å². The topological polar surface area (TPSA) is 6.48 Å². The summed E-state index contributed by atoms with van der Waals surface area (Å²) in [5.41, 5.74) is 2.88. The number of hydrogen-bond donors (Lipinski definition) is 0. The molecular formula is C18H22N2S. The number of nitrogens with zero attached hydrogens (tertiary/aromatic N) is 2. The maximum Gasteiger partial charge on any atom is 0.0249 e. The van der Waals surface area contributed by atoms with Crippen LogP contribution in [0.2, 0.25) is 0 Å². The van der Waals surface area contributed by atoms with Crippen LogP contribution in [0, 0.1) is 0 Å². The molecule has 2 aromatic rings. The van der Waals surface area contributed by atoms with Gasteiger partial charge in [0.05, 0.1) is 0 Å². The number of fused-ring (bicyclic) bond motifs is 2. The molecule has 0 aliphatic carbocycles. The van der Waals surface area contributed by atoms with Gasteiger partial charge in [0.15, 0.2) is 0 Å². The van der Waals surface area contributed by atoms with Crippen molar-refractivity contribution in [3.63, 3.8) is 0 Å². The molecular weight excluding hydrogens is 276 g/mol. The molecule has 0 unspecified atom stereocenters. The van der Waals surface area contributed by atoms with Crippen molar-refractivity contribution in [1.82, 2.24) is 9.80 Å². The molecule has 0 N–H and O–H groups in total. The smallest absolute Gasteiger partial charge is 0.0249 e. The maximum atomic E-state index is 2.55. The van der Waals surface area contributed by atoms with Gasteiger partial charge in [0.2, 0.25) is 0 Å². The highest BCUT2D eigenvalue weighted by atomic mass is 32.2. The van der Waals surface area contributed by atoms with Crippen LogP contribution < -0.4 is 0 Å². The highest BCUT2D eigenvalue weighted by Crippen LogP contribution is 2.35. The van der Waals surface area contributed by atoms with Crippen LogP contribution in [0.1, 0.15) is 11.1 Å². The minimum Gasteiger partial charge on any atom is -0.308 e. The van der Waals surface area contributed by atoms with Crippen LogP contribution in [0.5, 0.6) is 0 Å². The molecule has 0 amide bonds. The molecule has 21 heavy (non-hydrogen) atoms. The summed E-state index contributed by atoms with van der Waals surface area (Å²) in [5.74, 6) is 0. The summed E-state index contributed by atoms with van der Waals surface area (Å²) in [5, 5.41) is 0. The fourth-order valence-electron chi connectivity index (χ4n) is 2.62. The Labute approximate surface area is 131 Å². The first-order valence-corrected chi connectivity index (χ1v) is 8.25. The Balaban J connectivity index is 1.92. The molecule has 3 rings (SSSR count). The van der Waals surface area contributed by atoms with E-state index in [-0.39, 0.29) is 0 Å². The summed E-state index contributed by atoms with van der Waals surface area (Å²) in [7, 11) is 4.28. The lowest BCUT2D eigenvalue weighted by molar-refractivity contribution is 0.223. The van der Waals surface area contributed by atoms with E-state index >= 15 is 0 Å². The van der Waals surface area contributed by atoms with Gasteiger partial charge in [0.25, 0.3) is 0 Å². The lowest BCUT2D eigenvalue weighted by atomic mass is 10.1. The van der Waals surface area contributed by atoms with Gasteiger partial charge in [-0.2, -0.15) is 0 Å². The Morgan fingerprint density at radius 1 is 0.905 bits per heavy atom. The summed E-state index contributed by atoms with van der Waals surface area (Å²) in [6.45, 7) is 4.26. The van der Waals surface area contributed by atoms with E-state index in [1.54, 1.807) is 0 Å². The molecule has 0 bridgehead atoms. The molecule has 0 fully saturated rings. The van der Waals surface area contributed by atoms with E-state index in [1.165, 1.54) is 20.9 Å². The van der Waals surface area contributed by atoms with Gasteiger partial charge in [-0.3, -0.25) is 4.90 Å². The van der Waals surface area contributed by atoms with E-state index in [0.717, 1.165) is 26.2 Å². The van der Waals surface area contributed by atoms with Gasteiger partial charge in [-0.1, -0.05) is 48.2 Å². The Hall–Kier alpha value is -1.29. The summed E-state index contributed by atoms with van der Waals surface area (Å²) < 4.78 is 0. The third-order valence-corrected chi connectivity index (χ3v) is 5.05. The molecule has 0 saturated carbocycles. The molecule has 0 atom stereocenters. The fraction of sp³-hybridized carbons (Fsp3) is 0.333. The van der Waals surface area contributed by atoms with Crippen LogP contribution in [0.4, 0.5) is 0 Å². The predicted octanol–water partition coefficient (Wildman–Crippen LogP) is 3.72. The van der Waals surface area contributed by atoms with Gasteiger partial charge >= 0.3 is 0 Å². The second-order valence-electron chi connectivity index (χ2n) is 5.83. The van der Waals surface area contributed by atoms with Crippen molar-refractivity contribution in [3.05, 3.63) is 59.7 Å². The Morgan fingerprint density at radius 3 is 1.95 bits per heavy atom. The standard InChI is InChI=1S/C18H22N2S/c1-19(2)11-12-20-13-15-7-3-5-9-17(15)21-18-10-6-4-8-16(18)14-20/h3-10H,11-14H2,1-2H3. The van der Waals surface area contributed by atoms with Gasteiger partial charge in [-0.15, -0.1) is 0 Å². The summed E-state index contributed by atoms with van der Waals surface area (Å²) in [6, 6.07) is 17.6. The number of likely N-dealkylation sites (N-methyl/N-ethyl adjacent to an activating group) is 1. The lowest BCUT2D eigenvalue weighted by Crippen LogP contribution is -2.31. The van der Waals surface area contributed by atoms with Gasteiger partial charge < -0.3 is 4.90 Å².